The summed E-state index contributed by atoms with van der Waals surface area (Å²) < 4.78 is 73.6. The van der Waals surface area contributed by atoms with Crippen LogP contribution in [-0.4, -0.2) is 48.1 Å². The minimum atomic E-state index is -5.74. The molecule has 0 aromatic heterocycles. The summed E-state index contributed by atoms with van der Waals surface area (Å²) >= 11 is 0. The fourth-order valence-electron chi connectivity index (χ4n) is 4.18. The molecular formula is C20H23F5N2O2. The molecule has 0 N–H and O–H groups in total. The van der Waals surface area contributed by atoms with Gasteiger partial charge in [-0.2, -0.15) is 22.0 Å². The standard InChI is InChI=1S/C20H23F5N2O2/c1-11-12(19(21,22)20(23,24)25)8-9-13-15(11)16(27-10-6-7-14(27)28)17(26(4)5)18(2,3)29-13/h8-9H,6-7,10H2,1-5H3. The first-order valence-electron chi connectivity index (χ1n) is 9.20. The number of hydrogen-bond acceptors (Lipinski definition) is 3. The third kappa shape index (κ3) is 3.24. The van der Waals surface area contributed by atoms with Crippen molar-refractivity contribution in [3.8, 4) is 5.75 Å². The van der Waals surface area contributed by atoms with Crippen LogP contribution >= 0.6 is 0 Å². The average Bonchev–Trinajstić information content (AvgIpc) is 2.97. The van der Waals surface area contributed by atoms with Gasteiger partial charge in [-0.3, -0.25) is 4.79 Å². The SMILES string of the molecule is Cc1c(C(F)(F)C(F)(F)F)ccc2c1C(N1CCCC1=O)=C(N(C)C)C(C)(C)O2. The number of hydrogen-bond donors (Lipinski definition) is 0. The van der Waals surface area contributed by atoms with Gasteiger partial charge in [0.15, 0.2) is 0 Å². The Morgan fingerprint density at radius 1 is 1.14 bits per heavy atom. The average molecular weight is 418 g/mol. The topological polar surface area (TPSA) is 32.8 Å². The van der Waals surface area contributed by atoms with Crippen LogP contribution in [0.2, 0.25) is 0 Å². The fraction of sp³-hybridized carbons (Fsp3) is 0.550. The van der Waals surface area contributed by atoms with Gasteiger partial charge in [0, 0.05) is 38.2 Å². The van der Waals surface area contributed by atoms with Gasteiger partial charge in [-0.1, -0.05) is 0 Å². The Morgan fingerprint density at radius 3 is 2.24 bits per heavy atom. The molecule has 0 unspecified atom stereocenters. The molecule has 2 aliphatic rings. The summed E-state index contributed by atoms with van der Waals surface area (Å²) in [6, 6.07) is 1.88. The molecule has 0 bridgehead atoms. The van der Waals surface area contributed by atoms with Crippen molar-refractivity contribution in [3.05, 3.63) is 34.5 Å². The lowest BCUT2D eigenvalue weighted by Gasteiger charge is -2.43. The maximum atomic E-state index is 14.2. The van der Waals surface area contributed by atoms with Gasteiger partial charge in [-0.15, -0.1) is 0 Å². The van der Waals surface area contributed by atoms with Gasteiger partial charge in [0.1, 0.15) is 11.4 Å². The van der Waals surface area contributed by atoms with E-state index in [1.54, 1.807) is 32.8 Å². The summed E-state index contributed by atoms with van der Waals surface area (Å²) in [5.41, 5.74) is -1.35. The molecule has 1 aromatic rings. The first-order chi connectivity index (χ1) is 13.2. The van der Waals surface area contributed by atoms with Gasteiger partial charge >= 0.3 is 12.1 Å². The predicted molar refractivity (Wildman–Crippen MR) is 97.4 cm³/mol. The maximum absolute atomic E-state index is 14.2. The second-order valence-electron chi connectivity index (χ2n) is 8.04. The lowest BCUT2D eigenvalue weighted by atomic mass is 9.87. The molecule has 3 rings (SSSR count). The first kappa shape index (κ1) is 21.4. The van der Waals surface area contributed by atoms with Gasteiger partial charge in [-0.25, -0.2) is 0 Å². The van der Waals surface area contributed by atoms with Gasteiger partial charge in [0.05, 0.1) is 11.4 Å². The Balaban J connectivity index is 2.36. The Hall–Kier alpha value is -2.32. The molecule has 1 fully saturated rings. The molecule has 0 aliphatic carbocycles. The molecule has 4 nitrogen and oxygen atoms in total. The molecule has 0 atom stereocenters. The summed E-state index contributed by atoms with van der Waals surface area (Å²) in [7, 11) is 3.44. The number of rotatable bonds is 3. The number of alkyl halides is 5. The van der Waals surface area contributed by atoms with Crippen LogP contribution in [-0.2, 0) is 10.7 Å². The van der Waals surface area contributed by atoms with E-state index in [4.69, 9.17) is 4.74 Å². The van der Waals surface area contributed by atoms with E-state index in [1.165, 1.54) is 11.8 Å². The van der Waals surface area contributed by atoms with E-state index in [1.807, 2.05) is 0 Å². The van der Waals surface area contributed by atoms with E-state index in [0.29, 0.717) is 24.4 Å². The number of ether oxygens (including phenoxy) is 1. The predicted octanol–water partition coefficient (Wildman–Crippen LogP) is 4.67. The Bertz CT molecular complexity index is 888. The van der Waals surface area contributed by atoms with Crippen molar-refractivity contribution in [1.82, 2.24) is 9.80 Å². The van der Waals surface area contributed by atoms with Gasteiger partial charge < -0.3 is 14.5 Å². The molecular weight excluding hydrogens is 395 g/mol. The van der Waals surface area contributed by atoms with Crippen LogP contribution in [0.5, 0.6) is 5.75 Å². The van der Waals surface area contributed by atoms with Crippen molar-refractivity contribution in [1.29, 1.82) is 0 Å². The second kappa shape index (κ2) is 6.60. The number of benzene rings is 1. The fourth-order valence-corrected chi connectivity index (χ4v) is 4.18. The molecule has 29 heavy (non-hydrogen) atoms. The molecule has 2 aliphatic heterocycles. The third-order valence-corrected chi connectivity index (χ3v) is 5.31. The Kier molecular flexibility index (Phi) is 4.87. The van der Waals surface area contributed by atoms with E-state index in [0.717, 1.165) is 12.1 Å². The zero-order chi connectivity index (χ0) is 21.9. The van der Waals surface area contributed by atoms with Crippen molar-refractivity contribution in [3.63, 3.8) is 0 Å². The number of carbonyl (C=O) groups excluding carboxylic acids is 1. The quantitative estimate of drug-likeness (QED) is 0.669. The van der Waals surface area contributed by atoms with Crippen LogP contribution < -0.4 is 4.74 Å². The Labute approximate surface area is 165 Å². The monoisotopic (exact) mass is 418 g/mol. The van der Waals surface area contributed by atoms with Crippen molar-refractivity contribution < 1.29 is 31.5 Å². The summed E-state index contributed by atoms with van der Waals surface area (Å²) in [5.74, 6) is -5.05. The normalized spacial score (nSPS) is 19.4. The molecule has 0 spiro atoms. The lowest BCUT2D eigenvalue weighted by Crippen LogP contribution is -2.44. The summed E-state index contributed by atoms with van der Waals surface area (Å²) in [6.07, 6.45) is -4.87. The molecule has 2 heterocycles. The smallest absolute Gasteiger partial charge is 0.458 e. The summed E-state index contributed by atoms with van der Waals surface area (Å²) in [4.78, 5) is 15.7. The highest BCUT2D eigenvalue weighted by Crippen LogP contribution is 2.51. The van der Waals surface area contributed by atoms with Crippen LogP contribution in [0, 0.1) is 6.92 Å². The van der Waals surface area contributed by atoms with Crippen LogP contribution in [0.15, 0.2) is 17.8 Å². The van der Waals surface area contributed by atoms with Gasteiger partial charge in [0.25, 0.3) is 0 Å². The van der Waals surface area contributed by atoms with Gasteiger partial charge in [0.2, 0.25) is 5.91 Å². The van der Waals surface area contributed by atoms with E-state index in [-0.39, 0.29) is 29.2 Å². The minimum absolute atomic E-state index is 0.102. The number of nitrogens with zero attached hydrogens (tertiary/aromatic N) is 2. The van der Waals surface area contributed by atoms with Crippen molar-refractivity contribution in [2.45, 2.75) is 51.3 Å². The molecule has 0 saturated carbocycles. The number of likely N-dealkylation sites (tertiary alicyclic amines) is 1. The highest BCUT2D eigenvalue weighted by atomic mass is 19.4. The van der Waals surface area contributed by atoms with Crippen LogP contribution in [0.25, 0.3) is 5.70 Å². The number of amides is 1. The summed E-state index contributed by atoms with van der Waals surface area (Å²) in [6.45, 7) is 5.10. The third-order valence-electron chi connectivity index (χ3n) is 5.31. The minimum Gasteiger partial charge on any atom is -0.481 e. The van der Waals surface area contributed by atoms with Crippen molar-refractivity contribution >= 4 is 11.6 Å². The molecule has 1 saturated heterocycles. The first-order valence-corrected chi connectivity index (χ1v) is 9.20. The number of halogens is 5. The molecule has 160 valence electrons. The second-order valence-corrected chi connectivity index (χ2v) is 8.04. The number of likely N-dealkylation sites (N-methyl/N-ethyl adjacent to an activating group) is 1. The highest BCUT2D eigenvalue weighted by molar-refractivity contribution is 5.92. The van der Waals surface area contributed by atoms with Crippen molar-refractivity contribution in [2.75, 3.05) is 20.6 Å². The largest absolute Gasteiger partial charge is 0.481 e. The Morgan fingerprint density at radius 2 is 1.76 bits per heavy atom. The highest BCUT2D eigenvalue weighted by Gasteiger charge is 2.60. The van der Waals surface area contributed by atoms with Gasteiger partial charge in [-0.05, 0) is 44.9 Å². The number of fused-ring (bicyclic) bond motifs is 1. The molecule has 9 heteroatoms. The molecule has 0 radical (unpaired) electrons. The van der Waals surface area contributed by atoms with Crippen molar-refractivity contribution in [2.24, 2.45) is 0 Å². The van der Waals surface area contributed by atoms with Crippen LogP contribution in [0.1, 0.15) is 43.4 Å². The van der Waals surface area contributed by atoms with E-state index in [2.05, 4.69) is 0 Å². The van der Waals surface area contributed by atoms with E-state index < -0.39 is 23.3 Å². The number of carbonyl (C=O) groups is 1. The lowest BCUT2D eigenvalue weighted by molar-refractivity contribution is -0.289. The van der Waals surface area contributed by atoms with E-state index in [9.17, 15) is 26.7 Å². The maximum Gasteiger partial charge on any atom is 0.458 e. The zero-order valence-electron chi connectivity index (χ0n) is 16.9. The van der Waals surface area contributed by atoms with Crippen LogP contribution in [0.3, 0.4) is 0 Å². The molecule has 1 aromatic carbocycles. The van der Waals surface area contributed by atoms with E-state index >= 15 is 0 Å². The summed E-state index contributed by atoms with van der Waals surface area (Å²) in [5, 5.41) is 0. The molecule has 1 amide bonds. The van der Waals surface area contributed by atoms with Crippen LogP contribution in [0.4, 0.5) is 22.0 Å². The zero-order valence-corrected chi connectivity index (χ0v) is 16.9.